The van der Waals surface area contributed by atoms with Crippen LogP contribution in [0.4, 0.5) is 0 Å². The largest absolute Gasteiger partial charge is 0.272 e. The van der Waals surface area contributed by atoms with Crippen molar-refractivity contribution in [3.63, 3.8) is 0 Å². The van der Waals surface area contributed by atoms with Crippen LogP contribution in [0.25, 0.3) is 11.0 Å². The molecule has 0 unspecified atom stereocenters. The van der Waals surface area contributed by atoms with Crippen LogP contribution in [-0.2, 0) is 0 Å². The maximum Gasteiger partial charge on any atom is 0.249 e. The first kappa shape index (κ1) is 26.3. The number of benzene rings is 1. The molecule has 4 heteroatoms. The standard InChI is InChI=1S/C28H45N3O/c1-2-3-4-5-6-7-8-9-10-11-12-13-14-15-16-17-18-19-20-25-28(32)31-27-24-22-21-23-26(27)29-30-31/h18-19,21-24H,2-17,20,25H2,1H3/b19-18+. The van der Waals surface area contributed by atoms with E-state index >= 15 is 0 Å². The summed E-state index contributed by atoms with van der Waals surface area (Å²) in [4.78, 5) is 12.3. The van der Waals surface area contributed by atoms with Crippen molar-refractivity contribution in [3.8, 4) is 0 Å². The summed E-state index contributed by atoms with van der Waals surface area (Å²) in [5.41, 5.74) is 1.56. The Labute approximate surface area is 195 Å². The molecule has 32 heavy (non-hydrogen) atoms. The highest BCUT2D eigenvalue weighted by atomic mass is 16.2. The van der Waals surface area contributed by atoms with Gasteiger partial charge in [0.25, 0.3) is 0 Å². The summed E-state index contributed by atoms with van der Waals surface area (Å²) in [7, 11) is 0. The first-order valence-corrected chi connectivity index (χ1v) is 13.3. The lowest BCUT2D eigenvalue weighted by atomic mass is 10.0. The van der Waals surface area contributed by atoms with Gasteiger partial charge in [-0.25, -0.2) is 0 Å². The van der Waals surface area contributed by atoms with Crippen molar-refractivity contribution in [2.45, 2.75) is 122 Å². The smallest absolute Gasteiger partial charge is 0.249 e. The van der Waals surface area contributed by atoms with Crippen molar-refractivity contribution in [1.29, 1.82) is 0 Å². The molecule has 1 heterocycles. The second kappa shape index (κ2) is 17.6. The Bertz CT molecular complexity index is 765. The molecular formula is C28H45N3O. The third kappa shape index (κ3) is 11.1. The highest BCUT2D eigenvalue weighted by Crippen LogP contribution is 2.14. The second-order valence-corrected chi connectivity index (χ2v) is 9.13. The van der Waals surface area contributed by atoms with Crippen LogP contribution in [0.15, 0.2) is 36.4 Å². The minimum Gasteiger partial charge on any atom is -0.272 e. The topological polar surface area (TPSA) is 47.8 Å². The fraction of sp³-hybridized carbons (Fsp3) is 0.679. The van der Waals surface area contributed by atoms with Crippen LogP contribution in [-0.4, -0.2) is 20.9 Å². The Balaban J connectivity index is 1.35. The van der Waals surface area contributed by atoms with Crippen LogP contribution < -0.4 is 0 Å². The average molecular weight is 440 g/mol. The zero-order valence-corrected chi connectivity index (χ0v) is 20.4. The van der Waals surface area contributed by atoms with Crippen LogP contribution in [0.2, 0.25) is 0 Å². The molecule has 1 aromatic carbocycles. The third-order valence-electron chi connectivity index (χ3n) is 6.25. The maximum atomic E-state index is 12.3. The Kier molecular flexibility index (Phi) is 14.4. The Hall–Kier alpha value is -1.97. The van der Waals surface area contributed by atoms with E-state index in [0.717, 1.165) is 23.9 Å². The zero-order valence-electron chi connectivity index (χ0n) is 20.4. The van der Waals surface area contributed by atoms with Crippen LogP contribution in [0.5, 0.6) is 0 Å². The van der Waals surface area contributed by atoms with Gasteiger partial charge in [0.2, 0.25) is 5.91 Å². The molecule has 0 saturated heterocycles. The van der Waals surface area contributed by atoms with E-state index in [9.17, 15) is 4.79 Å². The summed E-state index contributed by atoms with van der Waals surface area (Å²) in [6.07, 6.45) is 27.8. The molecule has 0 atom stereocenters. The number of fused-ring (bicyclic) bond motifs is 1. The molecule has 0 aliphatic heterocycles. The maximum absolute atomic E-state index is 12.3. The van der Waals surface area contributed by atoms with E-state index in [1.807, 2.05) is 24.3 Å². The average Bonchev–Trinajstić information content (AvgIpc) is 3.25. The molecule has 4 nitrogen and oxygen atoms in total. The fourth-order valence-electron chi connectivity index (χ4n) is 4.24. The number of carbonyl (C=O) groups is 1. The number of rotatable bonds is 19. The van der Waals surface area contributed by atoms with E-state index in [1.54, 1.807) is 0 Å². The van der Waals surface area contributed by atoms with E-state index in [2.05, 4.69) is 29.4 Å². The van der Waals surface area contributed by atoms with Gasteiger partial charge < -0.3 is 0 Å². The molecule has 0 saturated carbocycles. The molecule has 0 radical (unpaired) electrons. The molecule has 0 fully saturated rings. The number of unbranched alkanes of at least 4 members (excludes halogenated alkanes) is 15. The Morgan fingerprint density at radius 3 is 1.91 bits per heavy atom. The van der Waals surface area contributed by atoms with E-state index in [-0.39, 0.29) is 5.91 Å². The van der Waals surface area contributed by atoms with Crippen molar-refractivity contribution in [2.75, 3.05) is 0 Å². The van der Waals surface area contributed by atoms with Crippen LogP contribution in [0.3, 0.4) is 0 Å². The molecule has 1 aromatic heterocycles. The molecule has 2 rings (SSSR count). The fourth-order valence-corrected chi connectivity index (χ4v) is 4.24. The number of allylic oxidation sites excluding steroid dienone is 2. The number of nitrogens with zero attached hydrogens (tertiary/aromatic N) is 3. The van der Waals surface area contributed by atoms with E-state index in [0.29, 0.717) is 6.42 Å². The molecule has 0 bridgehead atoms. The third-order valence-corrected chi connectivity index (χ3v) is 6.25. The summed E-state index contributed by atoms with van der Waals surface area (Å²) < 4.78 is 1.43. The SMILES string of the molecule is CCCCCCCCCCCCCCCCC/C=C/CCC(=O)n1nnc2ccccc21. The number of hydrogen-bond donors (Lipinski definition) is 0. The van der Waals surface area contributed by atoms with Crippen molar-refractivity contribution in [1.82, 2.24) is 15.0 Å². The number of carbonyl (C=O) groups excluding carboxylic acids is 1. The second-order valence-electron chi connectivity index (χ2n) is 9.13. The van der Waals surface area contributed by atoms with Gasteiger partial charge in [-0.05, 0) is 31.4 Å². The summed E-state index contributed by atoms with van der Waals surface area (Å²) >= 11 is 0. The van der Waals surface area contributed by atoms with Gasteiger partial charge >= 0.3 is 0 Å². The van der Waals surface area contributed by atoms with Crippen LogP contribution in [0.1, 0.15) is 127 Å². The van der Waals surface area contributed by atoms with Gasteiger partial charge in [-0.1, -0.05) is 126 Å². The Morgan fingerprint density at radius 2 is 1.28 bits per heavy atom. The predicted octanol–water partition coefficient (Wildman–Crippen LogP) is 8.67. The predicted molar refractivity (Wildman–Crippen MR) is 136 cm³/mol. The van der Waals surface area contributed by atoms with Gasteiger partial charge in [0, 0.05) is 6.42 Å². The lowest BCUT2D eigenvalue weighted by Crippen LogP contribution is -2.11. The number of hydrogen-bond acceptors (Lipinski definition) is 3. The van der Waals surface area contributed by atoms with Gasteiger partial charge in [0.05, 0.1) is 5.52 Å². The van der Waals surface area contributed by atoms with Gasteiger partial charge in [-0.2, -0.15) is 4.68 Å². The molecule has 0 amide bonds. The summed E-state index contributed by atoms with van der Waals surface area (Å²) in [6.45, 7) is 2.29. The molecular weight excluding hydrogens is 394 g/mol. The van der Waals surface area contributed by atoms with Gasteiger partial charge in [0.15, 0.2) is 0 Å². The first-order valence-electron chi connectivity index (χ1n) is 13.3. The van der Waals surface area contributed by atoms with Crippen LogP contribution >= 0.6 is 0 Å². The number of aromatic nitrogens is 3. The number of para-hydroxylation sites is 1. The molecule has 0 N–H and O–H groups in total. The van der Waals surface area contributed by atoms with Crippen molar-refractivity contribution in [3.05, 3.63) is 36.4 Å². The van der Waals surface area contributed by atoms with Crippen molar-refractivity contribution < 1.29 is 4.79 Å². The van der Waals surface area contributed by atoms with Gasteiger partial charge in [-0.15, -0.1) is 5.10 Å². The molecule has 0 spiro atoms. The van der Waals surface area contributed by atoms with E-state index in [1.165, 1.54) is 101 Å². The van der Waals surface area contributed by atoms with E-state index < -0.39 is 0 Å². The monoisotopic (exact) mass is 439 g/mol. The summed E-state index contributed by atoms with van der Waals surface area (Å²) in [5, 5.41) is 8.04. The molecule has 0 aliphatic carbocycles. The van der Waals surface area contributed by atoms with Crippen molar-refractivity contribution >= 4 is 16.9 Å². The highest BCUT2D eigenvalue weighted by Gasteiger charge is 2.10. The van der Waals surface area contributed by atoms with E-state index in [4.69, 9.17) is 0 Å². The first-order chi connectivity index (χ1) is 15.8. The van der Waals surface area contributed by atoms with Gasteiger partial charge in [-0.3, -0.25) is 4.79 Å². The minimum atomic E-state index is 0.00956. The lowest BCUT2D eigenvalue weighted by molar-refractivity contribution is 0.0891. The quantitative estimate of drug-likeness (QED) is 0.162. The summed E-state index contributed by atoms with van der Waals surface area (Å²) in [5.74, 6) is 0.00956. The van der Waals surface area contributed by atoms with Crippen molar-refractivity contribution in [2.24, 2.45) is 0 Å². The van der Waals surface area contributed by atoms with Gasteiger partial charge in [0.1, 0.15) is 5.52 Å². The normalized spacial score (nSPS) is 11.7. The van der Waals surface area contributed by atoms with Crippen LogP contribution in [0, 0.1) is 0 Å². The Morgan fingerprint density at radius 1 is 0.750 bits per heavy atom. The molecule has 178 valence electrons. The molecule has 2 aromatic rings. The molecule has 0 aliphatic rings. The highest BCUT2D eigenvalue weighted by molar-refractivity contribution is 5.88. The lowest BCUT2D eigenvalue weighted by Gasteiger charge is -2.03. The zero-order chi connectivity index (χ0) is 22.7. The summed E-state index contributed by atoms with van der Waals surface area (Å²) in [6, 6.07) is 7.59. The minimum absolute atomic E-state index is 0.00956.